The van der Waals surface area contributed by atoms with Crippen LogP contribution in [-0.2, 0) is 4.74 Å². The van der Waals surface area contributed by atoms with Gasteiger partial charge in [0.1, 0.15) is 10.6 Å². The second-order valence-electron chi connectivity index (χ2n) is 7.70. The Labute approximate surface area is 211 Å². The fourth-order valence-electron chi connectivity index (χ4n) is 3.83. The minimum Gasteiger partial charge on any atom is -0.434 e. The van der Waals surface area contributed by atoms with E-state index in [4.69, 9.17) is 9.47 Å². The molecule has 0 bridgehead atoms. The number of rotatable bonds is 6. The average molecular weight is 496 g/mol. The number of nitrogens with zero attached hydrogens (tertiary/aromatic N) is 2. The monoisotopic (exact) mass is 495 g/mol. The average Bonchev–Trinajstić information content (AvgIpc) is 3.28. The Morgan fingerprint density at radius 3 is 2.08 bits per heavy atom. The summed E-state index contributed by atoms with van der Waals surface area (Å²) in [5.74, 6) is -0.336. The fraction of sp³-hybridized carbons (Fsp3) is 0.0714. The topological polar surface area (TPSA) is 90.4 Å². The molecular weight excluding hydrogens is 474 g/mol. The molecule has 1 N–H and O–H groups in total. The molecule has 0 unspecified atom stereocenters. The van der Waals surface area contributed by atoms with Crippen LogP contribution in [0.4, 0.5) is 10.5 Å². The normalized spacial score (nSPS) is 10.7. The molecule has 0 aliphatic carbocycles. The molecule has 5 rings (SSSR count). The van der Waals surface area contributed by atoms with Crippen LogP contribution in [0, 0.1) is 0 Å². The van der Waals surface area contributed by atoms with Gasteiger partial charge in [0.05, 0.1) is 12.0 Å². The molecule has 0 fully saturated rings. The summed E-state index contributed by atoms with van der Waals surface area (Å²) in [6, 6.07) is 28.3. The first-order valence-corrected chi connectivity index (χ1v) is 12.1. The van der Waals surface area contributed by atoms with E-state index < -0.39 is 12.1 Å². The summed E-state index contributed by atoms with van der Waals surface area (Å²) < 4.78 is 10.7. The molecule has 3 aromatic carbocycles. The molecule has 7 nitrogen and oxygen atoms in total. The van der Waals surface area contributed by atoms with E-state index in [1.807, 2.05) is 78.9 Å². The minimum absolute atomic E-state index is 0.0906. The Hall–Kier alpha value is -4.56. The number of anilines is 1. The number of fused-ring (bicyclic) bond motifs is 1. The molecule has 0 aliphatic heterocycles. The molecule has 8 heteroatoms. The lowest BCUT2D eigenvalue weighted by molar-refractivity contribution is 0.100. The van der Waals surface area contributed by atoms with Crippen LogP contribution >= 0.6 is 11.3 Å². The third-order valence-electron chi connectivity index (χ3n) is 5.37. The Morgan fingerprint density at radius 2 is 1.44 bits per heavy atom. The summed E-state index contributed by atoms with van der Waals surface area (Å²) in [5.41, 5.74) is 3.62. The molecule has 1 amide bonds. The smallest absolute Gasteiger partial charge is 0.434 e. The molecule has 2 aromatic heterocycles. The molecule has 0 spiro atoms. The van der Waals surface area contributed by atoms with E-state index in [2.05, 4.69) is 15.5 Å². The lowest BCUT2D eigenvalue weighted by Gasteiger charge is -2.12. The fourth-order valence-corrected chi connectivity index (χ4v) is 4.78. The van der Waals surface area contributed by atoms with Crippen molar-refractivity contribution >= 4 is 39.3 Å². The summed E-state index contributed by atoms with van der Waals surface area (Å²) in [5, 5.41) is 12.3. The number of nitrogens with one attached hydrogen (secondary N) is 1. The lowest BCUT2D eigenvalue weighted by Crippen LogP contribution is -2.15. The third kappa shape index (κ3) is 4.67. The predicted octanol–water partition coefficient (Wildman–Crippen LogP) is 6.81. The van der Waals surface area contributed by atoms with Crippen molar-refractivity contribution in [2.75, 3.05) is 11.9 Å². The summed E-state index contributed by atoms with van der Waals surface area (Å²) >= 11 is 1.11. The molecule has 0 aliphatic rings. The van der Waals surface area contributed by atoms with Crippen molar-refractivity contribution < 1.29 is 19.1 Å². The zero-order valence-electron chi connectivity index (χ0n) is 19.3. The van der Waals surface area contributed by atoms with Crippen LogP contribution in [-0.4, -0.2) is 28.9 Å². The standard InChI is InChI=1S/C28H21N3O4S/c1-2-34-28(33)35-24-22-21(18-12-6-3-7-13-18)23(19-14-8-4-9-15-19)30-31-27(22)36-25(24)26(32)29-20-16-10-5-11-17-20/h3-17H,2H2,1H3,(H,29,32). The first-order valence-electron chi connectivity index (χ1n) is 11.3. The van der Waals surface area contributed by atoms with Crippen LogP contribution in [0.2, 0.25) is 0 Å². The van der Waals surface area contributed by atoms with Crippen molar-refractivity contribution in [3.63, 3.8) is 0 Å². The van der Waals surface area contributed by atoms with Gasteiger partial charge in [-0.2, -0.15) is 0 Å². The van der Waals surface area contributed by atoms with Gasteiger partial charge in [0, 0.05) is 16.8 Å². The summed E-state index contributed by atoms with van der Waals surface area (Å²) in [6.07, 6.45) is -0.900. The van der Waals surface area contributed by atoms with Gasteiger partial charge in [0.15, 0.2) is 10.6 Å². The van der Waals surface area contributed by atoms with Gasteiger partial charge < -0.3 is 14.8 Å². The molecule has 0 atom stereocenters. The van der Waals surface area contributed by atoms with E-state index in [1.54, 1.807) is 19.1 Å². The predicted molar refractivity (Wildman–Crippen MR) is 140 cm³/mol. The number of ether oxygens (including phenoxy) is 2. The van der Waals surface area contributed by atoms with E-state index >= 15 is 0 Å². The van der Waals surface area contributed by atoms with Gasteiger partial charge >= 0.3 is 6.16 Å². The maximum absolute atomic E-state index is 13.4. The SMILES string of the molecule is CCOC(=O)Oc1c(C(=O)Nc2ccccc2)sc2nnc(-c3ccccc3)c(-c3ccccc3)c12. The third-order valence-corrected chi connectivity index (χ3v) is 6.42. The first kappa shape index (κ1) is 23.2. The van der Waals surface area contributed by atoms with Crippen molar-refractivity contribution in [3.05, 3.63) is 95.9 Å². The molecular formula is C28H21N3O4S. The molecule has 178 valence electrons. The molecule has 0 radical (unpaired) electrons. The zero-order valence-corrected chi connectivity index (χ0v) is 20.1. The number of hydrogen-bond acceptors (Lipinski definition) is 7. The van der Waals surface area contributed by atoms with Crippen molar-refractivity contribution in [2.24, 2.45) is 0 Å². The molecule has 5 aromatic rings. The van der Waals surface area contributed by atoms with Gasteiger partial charge in [-0.1, -0.05) is 78.9 Å². The summed E-state index contributed by atoms with van der Waals surface area (Å²) in [4.78, 5) is 26.5. The highest BCUT2D eigenvalue weighted by Crippen LogP contribution is 2.46. The Morgan fingerprint density at radius 1 is 0.833 bits per heavy atom. The van der Waals surface area contributed by atoms with Gasteiger partial charge in [-0.3, -0.25) is 4.79 Å². The van der Waals surface area contributed by atoms with Gasteiger partial charge in [-0.25, -0.2) is 4.79 Å². The highest BCUT2D eigenvalue weighted by molar-refractivity contribution is 7.21. The van der Waals surface area contributed by atoms with Crippen LogP contribution in [0.5, 0.6) is 5.75 Å². The van der Waals surface area contributed by atoms with E-state index in [0.29, 0.717) is 27.2 Å². The minimum atomic E-state index is -0.900. The van der Waals surface area contributed by atoms with Gasteiger partial charge in [-0.05, 0) is 24.6 Å². The maximum Gasteiger partial charge on any atom is 0.513 e. The molecule has 2 heterocycles. The van der Waals surface area contributed by atoms with Crippen LogP contribution in [0.1, 0.15) is 16.6 Å². The van der Waals surface area contributed by atoms with E-state index in [1.165, 1.54) is 0 Å². The van der Waals surface area contributed by atoms with E-state index in [-0.39, 0.29) is 17.2 Å². The van der Waals surface area contributed by atoms with Crippen molar-refractivity contribution in [2.45, 2.75) is 6.92 Å². The Kier molecular flexibility index (Phi) is 6.68. The number of para-hydroxylation sites is 1. The van der Waals surface area contributed by atoms with E-state index in [0.717, 1.165) is 22.5 Å². The second-order valence-corrected chi connectivity index (χ2v) is 8.70. The second kappa shape index (κ2) is 10.4. The Balaban J connectivity index is 1.76. The highest BCUT2D eigenvalue weighted by Gasteiger charge is 2.28. The number of benzene rings is 3. The Bertz CT molecular complexity index is 1520. The summed E-state index contributed by atoms with van der Waals surface area (Å²) in [6.45, 7) is 1.82. The van der Waals surface area contributed by atoms with E-state index in [9.17, 15) is 9.59 Å². The lowest BCUT2D eigenvalue weighted by atomic mass is 9.97. The van der Waals surface area contributed by atoms with Crippen molar-refractivity contribution in [1.82, 2.24) is 10.2 Å². The summed E-state index contributed by atoms with van der Waals surface area (Å²) in [7, 11) is 0. The molecule has 0 saturated carbocycles. The van der Waals surface area contributed by atoms with Crippen molar-refractivity contribution in [3.8, 4) is 28.1 Å². The van der Waals surface area contributed by atoms with Crippen LogP contribution in [0.15, 0.2) is 91.0 Å². The van der Waals surface area contributed by atoms with Gasteiger partial charge in [0.25, 0.3) is 5.91 Å². The van der Waals surface area contributed by atoms with Crippen LogP contribution in [0.3, 0.4) is 0 Å². The quantitative estimate of drug-likeness (QED) is 0.260. The van der Waals surface area contributed by atoms with Crippen LogP contribution < -0.4 is 10.1 Å². The number of carbonyl (C=O) groups is 2. The number of thiophene rings is 1. The number of aromatic nitrogens is 2. The van der Waals surface area contributed by atoms with Crippen LogP contribution in [0.25, 0.3) is 32.6 Å². The first-order chi connectivity index (χ1) is 17.7. The number of hydrogen-bond donors (Lipinski definition) is 1. The number of carbonyl (C=O) groups excluding carboxylic acids is 2. The highest BCUT2D eigenvalue weighted by atomic mass is 32.1. The molecule has 36 heavy (non-hydrogen) atoms. The molecule has 0 saturated heterocycles. The zero-order chi connectivity index (χ0) is 24.9. The maximum atomic E-state index is 13.4. The largest absolute Gasteiger partial charge is 0.513 e. The van der Waals surface area contributed by atoms with Gasteiger partial charge in [0.2, 0.25) is 0 Å². The number of amides is 1. The van der Waals surface area contributed by atoms with Gasteiger partial charge in [-0.15, -0.1) is 21.5 Å². The van der Waals surface area contributed by atoms with Crippen molar-refractivity contribution in [1.29, 1.82) is 0 Å².